The van der Waals surface area contributed by atoms with Gasteiger partial charge in [0.2, 0.25) is 5.91 Å². The lowest BCUT2D eigenvalue weighted by Crippen LogP contribution is -2.38. The van der Waals surface area contributed by atoms with Crippen molar-refractivity contribution < 1.29 is 27.4 Å². The molecule has 3 aromatic rings. The van der Waals surface area contributed by atoms with Crippen LogP contribution in [0.15, 0.2) is 72.8 Å². The molecule has 37 heavy (non-hydrogen) atoms. The lowest BCUT2D eigenvalue weighted by molar-refractivity contribution is -0.137. The monoisotopic (exact) mass is 514 g/mol. The first-order chi connectivity index (χ1) is 17.6. The van der Waals surface area contributed by atoms with Crippen LogP contribution in [-0.2, 0) is 17.4 Å². The number of alkyl halides is 3. The third kappa shape index (κ3) is 7.73. The summed E-state index contributed by atoms with van der Waals surface area (Å²) in [6, 6.07) is 19.2. The normalized spacial score (nSPS) is 13.2. The summed E-state index contributed by atoms with van der Waals surface area (Å²) in [5, 5.41) is 6.19. The Bertz CT molecular complexity index is 1150. The van der Waals surface area contributed by atoms with Crippen molar-refractivity contribution in [3.63, 3.8) is 0 Å². The molecule has 5 nitrogen and oxygen atoms in total. The summed E-state index contributed by atoms with van der Waals surface area (Å²) in [4.78, 5) is 12.9. The Kier molecular flexibility index (Phi) is 9.58. The van der Waals surface area contributed by atoms with E-state index in [1.54, 1.807) is 14.2 Å². The first-order valence-electron chi connectivity index (χ1n) is 12.2. The minimum atomic E-state index is -4.38. The molecule has 0 saturated carbocycles. The van der Waals surface area contributed by atoms with Crippen LogP contribution in [0.1, 0.15) is 54.6 Å². The predicted molar refractivity (Wildman–Crippen MR) is 138 cm³/mol. The van der Waals surface area contributed by atoms with Crippen molar-refractivity contribution in [1.82, 2.24) is 10.6 Å². The van der Waals surface area contributed by atoms with Crippen LogP contribution in [0.5, 0.6) is 11.5 Å². The number of nitrogens with one attached hydrogen (secondary N) is 2. The fourth-order valence-corrected chi connectivity index (χ4v) is 4.09. The maximum absolute atomic E-state index is 13.0. The van der Waals surface area contributed by atoms with E-state index in [-0.39, 0.29) is 18.1 Å². The van der Waals surface area contributed by atoms with Crippen molar-refractivity contribution in [2.75, 3.05) is 14.2 Å². The molecular formula is C29H33F3N2O3. The van der Waals surface area contributed by atoms with Gasteiger partial charge in [0.15, 0.2) is 11.5 Å². The van der Waals surface area contributed by atoms with Crippen molar-refractivity contribution in [2.45, 2.75) is 51.1 Å². The van der Waals surface area contributed by atoms with Crippen LogP contribution < -0.4 is 20.1 Å². The van der Waals surface area contributed by atoms with E-state index in [4.69, 9.17) is 9.47 Å². The van der Waals surface area contributed by atoms with E-state index < -0.39 is 17.8 Å². The summed E-state index contributed by atoms with van der Waals surface area (Å²) in [5.74, 6) is 0.968. The zero-order valence-electron chi connectivity index (χ0n) is 21.4. The highest BCUT2D eigenvalue weighted by Crippen LogP contribution is 2.34. The number of amides is 1. The molecule has 0 aliphatic heterocycles. The van der Waals surface area contributed by atoms with Crippen LogP contribution in [0.25, 0.3) is 0 Å². The van der Waals surface area contributed by atoms with Crippen molar-refractivity contribution in [3.05, 3.63) is 95.1 Å². The van der Waals surface area contributed by atoms with Gasteiger partial charge in [0.1, 0.15) is 6.04 Å². The number of hydrogen-bond donors (Lipinski definition) is 2. The molecule has 0 aromatic heterocycles. The molecule has 0 aliphatic rings. The van der Waals surface area contributed by atoms with Crippen LogP contribution >= 0.6 is 0 Å². The van der Waals surface area contributed by atoms with Gasteiger partial charge >= 0.3 is 6.18 Å². The second-order valence-corrected chi connectivity index (χ2v) is 8.99. The largest absolute Gasteiger partial charge is 0.493 e. The molecular weight excluding hydrogens is 481 g/mol. The third-order valence-electron chi connectivity index (χ3n) is 5.97. The molecule has 0 aliphatic carbocycles. The van der Waals surface area contributed by atoms with Gasteiger partial charge in [-0.05, 0) is 67.6 Å². The number of methoxy groups -OCH3 is 1. The molecule has 1 unspecified atom stereocenters. The average molecular weight is 515 g/mol. The van der Waals surface area contributed by atoms with Crippen LogP contribution in [0.4, 0.5) is 13.2 Å². The van der Waals surface area contributed by atoms with E-state index in [2.05, 4.69) is 10.6 Å². The fourth-order valence-electron chi connectivity index (χ4n) is 4.09. The molecule has 0 radical (unpaired) electrons. The van der Waals surface area contributed by atoms with Crippen molar-refractivity contribution in [3.8, 4) is 11.5 Å². The number of ether oxygens (including phenoxy) is 2. The first-order valence-corrected chi connectivity index (χ1v) is 12.2. The lowest BCUT2D eigenvalue weighted by atomic mass is 9.95. The van der Waals surface area contributed by atoms with Crippen LogP contribution in [0.2, 0.25) is 0 Å². The Morgan fingerprint density at radius 3 is 2.16 bits per heavy atom. The molecule has 2 N–H and O–H groups in total. The van der Waals surface area contributed by atoms with Crippen LogP contribution in [-0.4, -0.2) is 26.2 Å². The van der Waals surface area contributed by atoms with Crippen molar-refractivity contribution in [1.29, 1.82) is 0 Å². The van der Waals surface area contributed by atoms with E-state index in [0.717, 1.165) is 28.8 Å². The summed E-state index contributed by atoms with van der Waals surface area (Å²) in [7, 11) is 3.15. The van der Waals surface area contributed by atoms with Gasteiger partial charge in [-0.25, -0.2) is 0 Å². The van der Waals surface area contributed by atoms with Crippen molar-refractivity contribution >= 4 is 5.91 Å². The summed E-state index contributed by atoms with van der Waals surface area (Å²) in [6.45, 7) is 3.84. The average Bonchev–Trinajstić information content (AvgIpc) is 2.88. The van der Waals surface area contributed by atoms with Gasteiger partial charge in [0, 0.05) is 13.1 Å². The molecule has 1 amide bonds. The SMILES string of the molecule is CNC(=O)C(N[C@H](CCc1ccc(C(F)(F)F)cc1)c1ccc(OC)c(OC(C)C)c1)c1ccccc1. The van der Waals surface area contributed by atoms with Gasteiger partial charge in [0.25, 0.3) is 0 Å². The topological polar surface area (TPSA) is 59.6 Å². The molecule has 198 valence electrons. The number of carbonyl (C=O) groups excluding carboxylic acids is 1. The van der Waals surface area contributed by atoms with Gasteiger partial charge in [-0.2, -0.15) is 13.2 Å². The predicted octanol–water partition coefficient (Wildman–Crippen LogP) is 6.25. The number of likely N-dealkylation sites (N-methyl/N-ethyl adjacent to an activating group) is 1. The molecule has 0 heterocycles. The zero-order valence-corrected chi connectivity index (χ0v) is 21.4. The number of carbonyl (C=O) groups is 1. The van der Waals surface area contributed by atoms with Gasteiger partial charge in [-0.15, -0.1) is 0 Å². The zero-order chi connectivity index (χ0) is 27.0. The second kappa shape index (κ2) is 12.6. The minimum absolute atomic E-state index is 0.0781. The number of rotatable bonds is 11. The molecule has 3 aromatic carbocycles. The molecule has 3 rings (SSSR count). The van der Waals surface area contributed by atoms with E-state index in [1.165, 1.54) is 12.1 Å². The van der Waals surface area contributed by atoms with E-state index in [9.17, 15) is 18.0 Å². The molecule has 0 fully saturated rings. The Morgan fingerprint density at radius 2 is 1.59 bits per heavy atom. The van der Waals surface area contributed by atoms with E-state index in [0.29, 0.717) is 24.3 Å². The Balaban J connectivity index is 1.94. The minimum Gasteiger partial charge on any atom is -0.493 e. The van der Waals surface area contributed by atoms with Gasteiger partial charge < -0.3 is 14.8 Å². The summed E-state index contributed by atoms with van der Waals surface area (Å²) < 4.78 is 50.4. The van der Waals surface area contributed by atoms with Crippen molar-refractivity contribution in [2.24, 2.45) is 0 Å². The van der Waals surface area contributed by atoms with Gasteiger partial charge in [0.05, 0.1) is 18.8 Å². The Labute approximate surface area is 216 Å². The molecule has 8 heteroatoms. The smallest absolute Gasteiger partial charge is 0.416 e. The molecule has 2 atom stereocenters. The molecule has 0 spiro atoms. The number of halogens is 3. The number of benzene rings is 3. The fraction of sp³-hybridized carbons (Fsp3) is 0.345. The highest BCUT2D eigenvalue weighted by Gasteiger charge is 2.30. The quantitative estimate of drug-likeness (QED) is 0.318. The second-order valence-electron chi connectivity index (χ2n) is 8.99. The van der Waals surface area contributed by atoms with E-state index in [1.807, 2.05) is 62.4 Å². The Morgan fingerprint density at radius 1 is 0.919 bits per heavy atom. The highest BCUT2D eigenvalue weighted by molar-refractivity contribution is 5.83. The lowest BCUT2D eigenvalue weighted by Gasteiger charge is -2.27. The maximum atomic E-state index is 13.0. The Hall–Kier alpha value is -3.52. The number of hydrogen-bond acceptors (Lipinski definition) is 4. The third-order valence-corrected chi connectivity index (χ3v) is 5.97. The van der Waals surface area contributed by atoms with Crippen LogP contribution in [0, 0.1) is 0 Å². The standard InChI is InChI=1S/C29H33F3N2O3/c1-19(2)37-26-18-22(13-17-25(26)36-4)24(16-12-20-10-14-23(15-11-20)29(30,31)32)34-27(28(35)33-3)21-8-6-5-7-9-21/h5-11,13-15,17-19,24,27,34H,12,16H2,1-4H3,(H,33,35)/t24-,27?/m1/s1. The summed E-state index contributed by atoms with van der Waals surface area (Å²) >= 11 is 0. The first kappa shape index (κ1) is 28.1. The van der Waals surface area contributed by atoms with E-state index >= 15 is 0 Å². The number of aryl methyl sites for hydroxylation is 1. The molecule has 0 bridgehead atoms. The maximum Gasteiger partial charge on any atom is 0.416 e. The highest BCUT2D eigenvalue weighted by atomic mass is 19.4. The summed E-state index contributed by atoms with van der Waals surface area (Å²) in [6.07, 6.45) is -3.43. The van der Waals surface area contributed by atoms with Gasteiger partial charge in [-0.3, -0.25) is 10.1 Å². The molecule has 0 saturated heterocycles. The summed E-state index contributed by atoms with van der Waals surface area (Å²) in [5.41, 5.74) is 1.75. The van der Waals surface area contributed by atoms with Gasteiger partial charge in [-0.1, -0.05) is 48.5 Å². The van der Waals surface area contributed by atoms with Crippen LogP contribution in [0.3, 0.4) is 0 Å².